The van der Waals surface area contributed by atoms with Crippen molar-refractivity contribution >= 4 is 0 Å². The third-order valence-electron chi connectivity index (χ3n) is 4.21. The fourth-order valence-corrected chi connectivity index (χ4v) is 3.28. The molecule has 1 saturated carbocycles. The first-order valence-corrected chi connectivity index (χ1v) is 7.03. The molecule has 2 fully saturated rings. The minimum atomic E-state index is 0.334. The average Bonchev–Trinajstić information content (AvgIpc) is 3.01. The molecular formula is C14H28N2. The molecule has 2 rings (SSSR count). The number of hydrogen-bond donors (Lipinski definition) is 0. The summed E-state index contributed by atoms with van der Waals surface area (Å²) in [4.78, 5) is 5.41. The Morgan fingerprint density at radius 1 is 1.06 bits per heavy atom. The number of piperidine rings is 1. The molecule has 2 heteroatoms. The second kappa shape index (κ2) is 4.66. The number of hydrogen-bond acceptors (Lipinski definition) is 2. The van der Waals surface area contributed by atoms with Crippen molar-refractivity contribution in [1.82, 2.24) is 9.80 Å². The van der Waals surface area contributed by atoms with E-state index in [1.165, 1.54) is 45.3 Å². The van der Waals surface area contributed by atoms with Gasteiger partial charge in [0.25, 0.3) is 0 Å². The van der Waals surface area contributed by atoms with Gasteiger partial charge >= 0.3 is 0 Å². The molecule has 0 aromatic carbocycles. The summed E-state index contributed by atoms with van der Waals surface area (Å²) in [6.07, 6.45) is 5.67. The quantitative estimate of drug-likeness (QED) is 0.727. The molecule has 0 spiro atoms. The van der Waals surface area contributed by atoms with Gasteiger partial charge in [0.2, 0.25) is 0 Å². The first kappa shape index (κ1) is 12.4. The van der Waals surface area contributed by atoms with Gasteiger partial charge in [-0.15, -0.1) is 0 Å². The van der Waals surface area contributed by atoms with Gasteiger partial charge in [-0.05, 0) is 66.1 Å². The van der Waals surface area contributed by atoms with Gasteiger partial charge in [0.1, 0.15) is 0 Å². The van der Waals surface area contributed by atoms with Crippen LogP contribution in [0, 0.1) is 0 Å². The van der Waals surface area contributed by atoms with Crippen LogP contribution in [0.1, 0.15) is 53.4 Å². The molecule has 1 aliphatic carbocycles. The molecule has 0 unspecified atom stereocenters. The van der Waals surface area contributed by atoms with Gasteiger partial charge < -0.3 is 4.90 Å². The lowest BCUT2D eigenvalue weighted by Gasteiger charge is -2.45. The van der Waals surface area contributed by atoms with E-state index >= 15 is 0 Å². The highest BCUT2D eigenvalue weighted by Gasteiger charge is 2.35. The zero-order valence-corrected chi connectivity index (χ0v) is 11.5. The van der Waals surface area contributed by atoms with Gasteiger partial charge in [-0.2, -0.15) is 0 Å². The summed E-state index contributed by atoms with van der Waals surface area (Å²) in [5.74, 6) is 0. The third-order valence-corrected chi connectivity index (χ3v) is 4.21. The summed E-state index contributed by atoms with van der Waals surface area (Å²) in [5.41, 5.74) is 0.334. The summed E-state index contributed by atoms with van der Waals surface area (Å²) in [6.45, 7) is 13.2. The van der Waals surface area contributed by atoms with Crippen molar-refractivity contribution in [3.05, 3.63) is 0 Å². The fourth-order valence-electron chi connectivity index (χ4n) is 3.28. The van der Waals surface area contributed by atoms with Crippen molar-refractivity contribution < 1.29 is 0 Å². The predicted molar refractivity (Wildman–Crippen MR) is 69.8 cm³/mol. The van der Waals surface area contributed by atoms with Crippen LogP contribution in [0.15, 0.2) is 0 Å². The number of likely N-dealkylation sites (tertiary alicyclic amines) is 1. The molecule has 0 amide bonds. The molecule has 1 aliphatic heterocycles. The van der Waals surface area contributed by atoms with Crippen LogP contribution in [0.3, 0.4) is 0 Å². The molecule has 0 N–H and O–H groups in total. The molecule has 2 aliphatic rings. The highest BCUT2D eigenvalue weighted by molar-refractivity contribution is 4.91. The van der Waals surface area contributed by atoms with Gasteiger partial charge in [0.05, 0.1) is 0 Å². The van der Waals surface area contributed by atoms with Crippen molar-refractivity contribution in [3.8, 4) is 0 Å². The second-order valence-corrected chi connectivity index (χ2v) is 6.46. The van der Waals surface area contributed by atoms with Crippen LogP contribution < -0.4 is 0 Å². The van der Waals surface area contributed by atoms with Crippen LogP contribution in [0.5, 0.6) is 0 Å². The van der Waals surface area contributed by atoms with E-state index in [0.29, 0.717) is 5.54 Å². The molecule has 0 aromatic rings. The van der Waals surface area contributed by atoms with Gasteiger partial charge in [-0.25, -0.2) is 0 Å². The van der Waals surface area contributed by atoms with Crippen molar-refractivity contribution in [2.24, 2.45) is 0 Å². The van der Waals surface area contributed by atoms with Gasteiger partial charge in [0, 0.05) is 17.6 Å². The first-order valence-electron chi connectivity index (χ1n) is 7.03. The first-order chi connectivity index (χ1) is 7.52. The Balaban J connectivity index is 1.86. The summed E-state index contributed by atoms with van der Waals surface area (Å²) >= 11 is 0. The van der Waals surface area contributed by atoms with Crippen LogP contribution in [-0.4, -0.2) is 47.1 Å². The van der Waals surface area contributed by atoms with Crippen LogP contribution in [0.4, 0.5) is 0 Å². The monoisotopic (exact) mass is 224 g/mol. The Kier molecular flexibility index (Phi) is 3.60. The molecule has 2 nitrogen and oxygen atoms in total. The lowest BCUT2D eigenvalue weighted by atomic mass is 9.96. The number of rotatable bonds is 3. The number of nitrogens with zero attached hydrogens (tertiary/aromatic N) is 2. The van der Waals surface area contributed by atoms with Gasteiger partial charge in [0.15, 0.2) is 0 Å². The SMILES string of the molecule is CCN(C1CCN(C2CC2)CC1)C(C)(C)C. The maximum absolute atomic E-state index is 2.72. The molecular weight excluding hydrogens is 196 g/mol. The largest absolute Gasteiger partial charge is 0.300 e. The lowest BCUT2D eigenvalue weighted by Crippen LogP contribution is -2.52. The van der Waals surface area contributed by atoms with E-state index in [1.807, 2.05) is 0 Å². The van der Waals surface area contributed by atoms with E-state index in [2.05, 4.69) is 37.5 Å². The van der Waals surface area contributed by atoms with Crippen LogP contribution in [0.2, 0.25) is 0 Å². The summed E-state index contributed by atoms with van der Waals surface area (Å²) in [5, 5.41) is 0. The summed E-state index contributed by atoms with van der Waals surface area (Å²) < 4.78 is 0. The Hall–Kier alpha value is -0.0800. The Labute approximate surface area is 101 Å². The summed E-state index contributed by atoms with van der Waals surface area (Å²) in [7, 11) is 0. The molecule has 16 heavy (non-hydrogen) atoms. The standard InChI is InChI=1S/C14H28N2/c1-5-16(14(2,3)4)13-8-10-15(11-9-13)12-6-7-12/h12-13H,5-11H2,1-4H3. The zero-order valence-electron chi connectivity index (χ0n) is 11.5. The van der Waals surface area contributed by atoms with E-state index in [4.69, 9.17) is 0 Å². The molecule has 0 aromatic heterocycles. The van der Waals surface area contributed by atoms with Gasteiger partial charge in [-0.3, -0.25) is 4.90 Å². The topological polar surface area (TPSA) is 6.48 Å². The predicted octanol–water partition coefficient (Wildman–Crippen LogP) is 2.73. The van der Waals surface area contributed by atoms with Crippen molar-refractivity contribution in [3.63, 3.8) is 0 Å². The van der Waals surface area contributed by atoms with Crippen LogP contribution in [-0.2, 0) is 0 Å². The molecule has 1 heterocycles. The Bertz CT molecular complexity index is 219. The molecule has 0 atom stereocenters. The molecule has 0 radical (unpaired) electrons. The molecule has 0 bridgehead atoms. The van der Waals surface area contributed by atoms with Crippen LogP contribution >= 0.6 is 0 Å². The van der Waals surface area contributed by atoms with E-state index in [9.17, 15) is 0 Å². The van der Waals surface area contributed by atoms with Crippen molar-refractivity contribution in [2.45, 2.75) is 71.0 Å². The molecule has 94 valence electrons. The van der Waals surface area contributed by atoms with Crippen molar-refractivity contribution in [2.75, 3.05) is 19.6 Å². The highest BCUT2D eigenvalue weighted by atomic mass is 15.2. The summed E-state index contributed by atoms with van der Waals surface area (Å²) in [6, 6.07) is 1.78. The normalized spacial score (nSPS) is 25.3. The Morgan fingerprint density at radius 3 is 2.00 bits per heavy atom. The second-order valence-electron chi connectivity index (χ2n) is 6.46. The van der Waals surface area contributed by atoms with Gasteiger partial charge in [-0.1, -0.05) is 6.92 Å². The minimum Gasteiger partial charge on any atom is -0.300 e. The van der Waals surface area contributed by atoms with E-state index < -0.39 is 0 Å². The minimum absolute atomic E-state index is 0.334. The third kappa shape index (κ3) is 2.78. The smallest absolute Gasteiger partial charge is 0.0127 e. The van der Waals surface area contributed by atoms with Crippen LogP contribution in [0.25, 0.3) is 0 Å². The maximum atomic E-state index is 2.72. The van der Waals surface area contributed by atoms with E-state index in [-0.39, 0.29) is 0 Å². The zero-order chi connectivity index (χ0) is 11.8. The highest BCUT2D eigenvalue weighted by Crippen LogP contribution is 2.31. The maximum Gasteiger partial charge on any atom is 0.0127 e. The van der Waals surface area contributed by atoms with E-state index in [1.54, 1.807) is 0 Å². The average molecular weight is 224 g/mol. The fraction of sp³-hybridized carbons (Fsp3) is 1.00. The Morgan fingerprint density at radius 2 is 1.62 bits per heavy atom. The van der Waals surface area contributed by atoms with Crippen molar-refractivity contribution in [1.29, 1.82) is 0 Å². The van der Waals surface area contributed by atoms with E-state index in [0.717, 1.165) is 12.1 Å². The molecule has 1 saturated heterocycles. The lowest BCUT2D eigenvalue weighted by molar-refractivity contribution is 0.0429.